The van der Waals surface area contributed by atoms with E-state index in [1.807, 2.05) is 17.0 Å². The maximum atomic E-state index is 13.8. The molecule has 1 amide bonds. The first-order valence-corrected chi connectivity index (χ1v) is 13.5. The zero-order valence-corrected chi connectivity index (χ0v) is 21.9. The smallest absolute Gasteiger partial charge is 0.293 e. The number of nitrogens with zero attached hydrogens (tertiary/aromatic N) is 5. The average Bonchev–Trinajstić information content (AvgIpc) is 3.34. The number of amides is 1. The summed E-state index contributed by atoms with van der Waals surface area (Å²) in [6.45, 7) is 6.55. The lowest BCUT2D eigenvalue weighted by atomic mass is 10.1. The molecule has 196 valence electrons. The summed E-state index contributed by atoms with van der Waals surface area (Å²) in [7, 11) is 0. The third kappa shape index (κ3) is 6.02. The van der Waals surface area contributed by atoms with Crippen molar-refractivity contribution in [3.8, 4) is 0 Å². The molecule has 0 saturated carbocycles. The van der Waals surface area contributed by atoms with Gasteiger partial charge in [-0.05, 0) is 36.8 Å². The van der Waals surface area contributed by atoms with Gasteiger partial charge in [0.05, 0.1) is 41.6 Å². The fraction of sp³-hybridized carbons (Fsp3) is 0.440. The molecule has 0 spiro atoms. The van der Waals surface area contributed by atoms with Gasteiger partial charge in [-0.25, -0.2) is 4.98 Å². The fourth-order valence-electron chi connectivity index (χ4n) is 4.59. The van der Waals surface area contributed by atoms with Crippen molar-refractivity contribution in [3.05, 3.63) is 57.1 Å². The molecule has 3 aromatic rings. The van der Waals surface area contributed by atoms with E-state index >= 15 is 0 Å². The second-order valence-electron chi connectivity index (χ2n) is 8.93. The molecule has 0 aliphatic carbocycles. The Kier molecular flexibility index (Phi) is 8.16. The first-order chi connectivity index (χ1) is 18.0. The lowest BCUT2D eigenvalue weighted by Crippen LogP contribution is -2.39. The van der Waals surface area contributed by atoms with Crippen molar-refractivity contribution < 1.29 is 19.2 Å². The van der Waals surface area contributed by atoms with Crippen LogP contribution in [0.3, 0.4) is 0 Å². The summed E-state index contributed by atoms with van der Waals surface area (Å²) in [4.78, 5) is 35.9. The van der Waals surface area contributed by atoms with Gasteiger partial charge in [-0.3, -0.25) is 24.7 Å². The monoisotopic (exact) mass is 545 g/mol. The Balaban J connectivity index is 1.43. The quantitative estimate of drug-likeness (QED) is 0.308. The summed E-state index contributed by atoms with van der Waals surface area (Å²) in [5, 5.41) is 13.1. The molecule has 12 heteroatoms. The Morgan fingerprint density at radius 1 is 1.08 bits per heavy atom. The lowest BCUT2D eigenvalue weighted by molar-refractivity contribution is -0.384. The van der Waals surface area contributed by atoms with Crippen LogP contribution in [0.1, 0.15) is 16.8 Å². The van der Waals surface area contributed by atoms with Crippen molar-refractivity contribution in [1.82, 2.24) is 9.88 Å². The highest BCUT2D eigenvalue weighted by Gasteiger charge is 2.27. The van der Waals surface area contributed by atoms with Crippen LogP contribution in [0, 0.1) is 10.1 Å². The van der Waals surface area contributed by atoms with E-state index in [0.29, 0.717) is 61.9 Å². The first kappa shape index (κ1) is 25.8. The number of halogens is 1. The van der Waals surface area contributed by atoms with Crippen LogP contribution >= 0.6 is 22.9 Å². The Labute approximate surface area is 223 Å². The maximum absolute atomic E-state index is 13.8. The molecule has 1 aromatic heterocycles. The largest absolute Gasteiger partial charge is 0.379 e. The number of nitro groups is 1. The molecule has 2 saturated heterocycles. The van der Waals surface area contributed by atoms with Crippen LogP contribution in [-0.4, -0.2) is 86.4 Å². The Hall–Kier alpha value is -2.83. The molecule has 37 heavy (non-hydrogen) atoms. The minimum absolute atomic E-state index is 0.0860. The van der Waals surface area contributed by atoms with Crippen molar-refractivity contribution in [2.45, 2.75) is 6.42 Å². The molecule has 3 heterocycles. The average molecular weight is 546 g/mol. The first-order valence-electron chi connectivity index (χ1n) is 12.3. The van der Waals surface area contributed by atoms with Gasteiger partial charge in [-0.2, -0.15) is 0 Å². The minimum Gasteiger partial charge on any atom is -0.379 e. The number of aromatic nitrogens is 1. The molecule has 0 bridgehead atoms. The fourth-order valence-corrected chi connectivity index (χ4v) is 5.86. The van der Waals surface area contributed by atoms with Crippen LogP contribution in [-0.2, 0) is 9.47 Å². The third-order valence-electron chi connectivity index (χ3n) is 6.55. The minimum atomic E-state index is -0.427. The van der Waals surface area contributed by atoms with Gasteiger partial charge in [0, 0.05) is 55.9 Å². The number of carbonyl (C=O) groups is 1. The van der Waals surface area contributed by atoms with Crippen LogP contribution in [0.4, 0.5) is 16.5 Å². The number of hydrogen-bond donors (Lipinski definition) is 0. The van der Waals surface area contributed by atoms with E-state index in [1.165, 1.54) is 17.4 Å². The van der Waals surface area contributed by atoms with Gasteiger partial charge in [0.15, 0.2) is 5.13 Å². The molecular weight excluding hydrogens is 518 g/mol. The van der Waals surface area contributed by atoms with Gasteiger partial charge in [0.1, 0.15) is 5.69 Å². The van der Waals surface area contributed by atoms with Crippen LogP contribution in [0.5, 0.6) is 0 Å². The zero-order chi connectivity index (χ0) is 25.8. The van der Waals surface area contributed by atoms with Crippen molar-refractivity contribution >= 4 is 55.6 Å². The van der Waals surface area contributed by atoms with E-state index < -0.39 is 4.92 Å². The van der Waals surface area contributed by atoms with Gasteiger partial charge in [-0.15, -0.1) is 0 Å². The van der Waals surface area contributed by atoms with Gasteiger partial charge in [-0.1, -0.05) is 22.9 Å². The third-order valence-corrected chi connectivity index (χ3v) is 7.82. The molecule has 2 fully saturated rings. The van der Waals surface area contributed by atoms with Crippen LogP contribution in [0.25, 0.3) is 10.2 Å². The highest BCUT2D eigenvalue weighted by Crippen LogP contribution is 2.34. The van der Waals surface area contributed by atoms with E-state index in [2.05, 4.69) is 4.90 Å². The zero-order valence-electron chi connectivity index (χ0n) is 20.3. The second-order valence-corrected chi connectivity index (χ2v) is 10.4. The van der Waals surface area contributed by atoms with E-state index in [1.54, 1.807) is 23.1 Å². The second kappa shape index (κ2) is 11.7. The number of hydrogen-bond acceptors (Lipinski definition) is 9. The molecule has 2 aromatic carbocycles. The van der Waals surface area contributed by atoms with E-state index in [-0.39, 0.29) is 17.2 Å². The number of rotatable bonds is 8. The number of nitro benzene ring substituents is 1. The molecular formula is C25H28ClN5O5S. The van der Waals surface area contributed by atoms with Gasteiger partial charge < -0.3 is 14.4 Å². The molecule has 10 nitrogen and oxygen atoms in total. The summed E-state index contributed by atoms with van der Waals surface area (Å²) in [6.07, 6.45) is 0.733. The number of ether oxygens (including phenoxy) is 2. The van der Waals surface area contributed by atoms with Crippen molar-refractivity contribution in [1.29, 1.82) is 0 Å². The number of thiazole rings is 1. The summed E-state index contributed by atoms with van der Waals surface area (Å²) in [5.74, 6) is -0.316. The van der Waals surface area contributed by atoms with E-state index in [4.69, 9.17) is 26.1 Å². The summed E-state index contributed by atoms with van der Waals surface area (Å²) < 4.78 is 11.7. The van der Waals surface area contributed by atoms with E-state index in [9.17, 15) is 14.9 Å². The van der Waals surface area contributed by atoms with Crippen molar-refractivity contribution in [2.24, 2.45) is 0 Å². The molecule has 5 rings (SSSR count). The molecule has 2 aliphatic heterocycles. The van der Waals surface area contributed by atoms with Crippen molar-refractivity contribution in [2.75, 3.05) is 75.5 Å². The predicted molar refractivity (Wildman–Crippen MR) is 144 cm³/mol. The van der Waals surface area contributed by atoms with Gasteiger partial charge in [0.25, 0.3) is 11.6 Å². The van der Waals surface area contributed by atoms with Crippen LogP contribution in [0.2, 0.25) is 5.02 Å². The lowest BCUT2D eigenvalue weighted by Gasteiger charge is -2.29. The topological polar surface area (TPSA) is 101 Å². The number of morpholine rings is 2. The molecule has 0 N–H and O–H groups in total. The normalized spacial score (nSPS) is 16.7. The van der Waals surface area contributed by atoms with Gasteiger partial charge in [0.2, 0.25) is 0 Å². The molecule has 0 radical (unpaired) electrons. The maximum Gasteiger partial charge on any atom is 0.293 e. The number of carbonyl (C=O) groups excluding carboxylic acids is 1. The SMILES string of the molecule is O=C(c1ccc(N2CCOCC2)c([N+](=O)[O-])c1)N(CCCN1CCOCC1)c1nc2ccc(Cl)cc2s1. The van der Waals surface area contributed by atoms with Gasteiger partial charge >= 0.3 is 0 Å². The predicted octanol–water partition coefficient (Wildman–Crippen LogP) is 4.06. The summed E-state index contributed by atoms with van der Waals surface area (Å²) >= 11 is 7.55. The molecule has 2 aliphatic rings. The number of anilines is 2. The highest BCUT2D eigenvalue weighted by molar-refractivity contribution is 7.22. The standard InChI is InChI=1S/C25H28ClN5O5S/c26-19-3-4-20-23(17-19)37-25(27-20)30(7-1-6-28-8-12-35-13-9-28)24(32)18-2-5-21(22(16-18)31(33)34)29-10-14-36-15-11-29/h2-5,16-17H,1,6-15H2. The molecule has 0 atom stereocenters. The highest BCUT2D eigenvalue weighted by atomic mass is 35.5. The Bertz CT molecular complexity index is 1280. The Morgan fingerprint density at radius 3 is 2.54 bits per heavy atom. The van der Waals surface area contributed by atoms with Crippen LogP contribution < -0.4 is 9.80 Å². The summed E-state index contributed by atoms with van der Waals surface area (Å²) in [5.41, 5.74) is 1.42. The summed E-state index contributed by atoms with van der Waals surface area (Å²) in [6, 6.07) is 10.1. The number of benzene rings is 2. The van der Waals surface area contributed by atoms with E-state index in [0.717, 1.165) is 36.3 Å². The van der Waals surface area contributed by atoms with Crippen molar-refractivity contribution in [3.63, 3.8) is 0 Å². The van der Waals surface area contributed by atoms with Crippen LogP contribution in [0.15, 0.2) is 36.4 Å². The number of fused-ring (bicyclic) bond motifs is 1. The molecule has 0 unspecified atom stereocenters. The Morgan fingerprint density at radius 2 is 1.81 bits per heavy atom.